The van der Waals surface area contributed by atoms with Gasteiger partial charge in [-0.05, 0) is 105 Å². The molecule has 0 amide bonds. The number of nitrogens with zero attached hydrogens (tertiary/aromatic N) is 2. The highest BCUT2D eigenvalue weighted by Gasteiger charge is 2.48. The molecule has 0 bridgehead atoms. The van der Waals surface area contributed by atoms with Gasteiger partial charge in [-0.3, -0.25) is 0 Å². The molecule has 0 fully saturated rings. The van der Waals surface area contributed by atoms with Crippen LogP contribution in [0.2, 0.25) is 0 Å². The summed E-state index contributed by atoms with van der Waals surface area (Å²) in [5, 5.41) is 2.14. The smallest absolute Gasteiger partial charge is 0.135 e. The van der Waals surface area contributed by atoms with Gasteiger partial charge in [-0.2, -0.15) is 0 Å². The van der Waals surface area contributed by atoms with Gasteiger partial charge < -0.3 is 14.2 Å². The molecule has 3 heterocycles. The van der Waals surface area contributed by atoms with Crippen LogP contribution in [-0.2, 0) is 10.8 Å². The predicted molar refractivity (Wildman–Crippen MR) is 267 cm³/mol. The molecule has 11 aromatic rings. The van der Waals surface area contributed by atoms with Crippen LogP contribution in [0.4, 0.5) is 34.1 Å². The second kappa shape index (κ2) is 14.6. The molecular formula is C62H42N2O. The van der Waals surface area contributed by atoms with Gasteiger partial charge in [0.15, 0.2) is 0 Å². The maximum absolute atomic E-state index is 6.68. The topological polar surface area (TPSA) is 19.6 Å². The summed E-state index contributed by atoms with van der Waals surface area (Å²) in [7, 11) is 0. The van der Waals surface area contributed by atoms with Crippen molar-refractivity contribution in [1.29, 1.82) is 0 Å². The fraction of sp³-hybridized carbons (Fsp3) is 0.0323. The van der Waals surface area contributed by atoms with Crippen LogP contribution in [0.15, 0.2) is 259 Å². The minimum Gasteiger partial charge on any atom is -0.456 e. The Hall–Kier alpha value is -8.40. The highest BCUT2D eigenvalue weighted by Crippen LogP contribution is 2.60. The molecule has 306 valence electrons. The molecule has 13 rings (SSSR count). The van der Waals surface area contributed by atoms with E-state index in [1.54, 1.807) is 0 Å². The Labute approximate surface area is 378 Å². The van der Waals surface area contributed by atoms with Crippen molar-refractivity contribution in [2.24, 2.45) is 0 Å². The minimum absolute atomic E-state index is 0.535. The SMILES string of the molecule is c1ccc(C2(c3ccccc3)c3ccccc3N(c3ccc4oc5ccc(N6c7ccccc7C(c7ccccc7)(c7ccccc7)c7ccccc76)cc5c4c3)c3ccccc32)cc1. The fourth-order valence-electron chi connectivity index (χ4n) is 11.4. The molecule has 65 heavy (non-hydrogen) atoms. The van der Waals surface area contributed by atoms with Gasteiger partial charge in [0, 0.05) is 22.1 Å². The molecule has 0 N–H and O–H groups in total. The van der Waals surface area contributed by atoms with Gasteiger partial charge in [0.2, 0.25) is 0 Å². The molecule has 3 heteroatoms. The molecule has 2 aliphatic rings. The lowest BCUT2D eigenvalue weighted by molar-refractivity contribution is 0.669. The van der Waals surface area contributed by atoms with Gasteiger partial charge >= 0.3 is 0 Å². The Morgan fingerprint density at radius 3 is 0.815 bits per heavy atom. The first kappa shape index (κ1) is 37.2. The molecule has 0 atom stereocenters. The molecule has 0 saturated carbocycles. The van der Waals surface area contributed by atoms with E-state index in [1.807, 2.05) is 0 Å². The number of anilines is 6. The van der Waals surface area contributed by atoms with Gasteiger partial charge in [0.05, 0.1) is 33.6 Å². The average molecular weight is 831 g/mol. The summed E-state index contributed by atoms with van der Waals surface area (Å²) in [6.07, 6.45) is 0. The maximum Gasteiger partial charge on any atom is 0.135 e. The predicted octanol–water partition coefficient (Wildman–Crippen LogP) is 15.9. The fourth-order valence-corrected chi connectivity index (χ4v) is 11.4. The third kappa shape index (κ3) is 5.30. The van der Waals surface area contributed by atoms with E-state index in [9.17, 15) is 0 Å². The Morgan fingerprint density at radius 1 is 0.262 bits per heavy atom. The lowest BCUT2D eigenvalue weighted by atomic mass is 9.62. The van der Waals surface area contributed by atoms with Crippen molar-refractivity contribution in [2.45, 2.75) is 10.8 Å². The molecule has 10 aromatic carbocycles. The van der Waals surface area contributed by atoms with Crippen LogP contribution in [-0.4, -0.2) is 0 Å². The standard InChI is InChI=1S/C62H42N2O/c1-5-21-43(22-6-1)61(44-23-7-2-8-24-44)51-29-13-17-33-55(51)63(56-34-18-14-30-52(56)61)47-37-39-59-49(41-47)50-42-48(38-40-60(50)65-59)64-57-35-19-15-31-53(57)62(45-25-9-3-10-26-45,46-27-11-4-12-28-46)54-32-16-20-36-58(54)64/h1-42H. The minimum atomic E-state index is -0.535. The zero-order valence-electron chi connectivity index (χ0n) is 35.6. The summed E-state index contributed by atoms with van der Waals surface area (Å²) in [5.74, 6) is 0. The van der Waals surface area contributed by atoms with Gasteiger partial charge in [-0.25, -0.2) is 0 Å². The van der Waals surface area contributed by atoms with Crippen LogP contribution < -0.4 is 9.80 Å². The third-order valence-corrected chi connectivity index (χ3v) is 14.0. The normalized spacial score (nSPS) is 14.3. The van der Waals surface area contributed by atoms with E-state index in [2.05, 4.69) is 265 Å². The number of furan rings is 1. The van der Waals surface area contributed by atoms with Gasteiger partial charge in [-0.1, -0.05) is 194 Å². The van der Waals surface area contributed by atoms with Crippen molar-refractivity contribution >= 4 is 56.1 Å². The quantitative estimate of drug-likeness (QED) is 0.166. The molecule has 1 aromatic heterocycles. The highest BCUT2D eigenvalue weighted by molar-refractivity contribution is 6.09. The van der Waals surface area contributed by atoms with Gasteiger partial charge in [0.25, 0.3) is 0 Å². The lowest BCUT2D eigenvalue weighted by Gasteiger charge is -2.46. The van der Waals surface area contributed by atoms with Crippen molar-refractivity contribution in [2.75, 3.05) is 9.80 Å². The van der Waals surface area contributed by atoms with Crippen LogP contribution in [0.3, 0.4) is 0 Å². The molecule has 0 aliphatic carbocycles. The first-order valence-electron chi connectivity index (χ1n) is 22.4. The molecule has 3 nitrogen and oxygen atoms in total. The van der Waals surface area contributed by atoms with Gasteiger partial charge in [0.1, 0.15) is 11.2 Å². The Kier molecular flexibility index (Phi) is 8.34. The van der Waals surface area contributed by atoms with Crippen molar-refractivity contribution < 1.29 is 4.42 Å². The number of rotatable bonds is 6. The van der Waals surface area contributed by atoms with E-state index in [0.717, 1.165) is 56.1 Å². The van der Waals surface area contributed by atoms with Crippen molar-refractivity contribution in [3.63, 3.8) is 0 Å². The number of hydrogen-bond acceptors (Lipinski definition) is 3. The van der Waals surface area contributed by atoms with Crippen LogP contribution in [0.5, 0.6) is 0 Å². The van der Waals surface area contributed by atoms with Crippen molar-refractivity contribution in [1.82, 2.24) is 0 Å². The van der Waals surface area contributed by atoms with E-state index in [1.165, 1.54) is 44.5 Å². The maximum atomic E-state index is 6.68. The van der Waals surface area contributed by atoms with E-state index in [0.29, 0.717) is 0 Å². The first-order valence-corrected chi connectivity index (χ1v) is 22.4. The molecule has 2 aliphatic heterocycles. The zero-order valence-corrected chi connectivity index (χ0v) is 35.6. The molecular weight excluding hydrogens is 789 g/mol. The second-order valence-corrected chi connectivity index (χ2v) is 17.2. The van der Waals surface area contributed by atoms with Crippen molar-refractivity contribution in [3.05, 3.63) is 299 Å². The summed E-state index contributed by atoms with van der Waals surface area (Å²) in [6, 6.07) is 93.0. The summed E-state index contributed by atoms with van der Waals surface area (Å²) in [4.78, 5) is 4.89. The average Bonchev–Trinajstić information content (AvgIpc) is 3.75. The molecule has 0 radical (unpaired) electrons. The first-order chi connectivity index (χ1) is 32.3. The summed E-state index contributed by atoms with van der Waals surface area (Å²) in [6.45, 7) is 0. The number of para-hydroxylation sites is 4. The van der Waals surface area contributed by atoms with E-state index in [-0.39, 0.29) is 0 Å². The highest BCUT2D eigenvalue weighted by atomic mass is 16.3. The van der Waals surface area contributed by atoms with Crippen LogP contribution >= 0.6 is 0 Å². The zero-order chi connectivity index (χ0) is 43.0. The van der Waals surface area contributed by atoms with E-state index < -0.39 is 10.8 Å². The molecule has 0 unspecified atom stereocenters. The Morgan fingerprint density at radius 2 is 0.523 bits per heavy atom. The summed E-state index contributed by atoms with van der Waals surface area (Å²) in [5.41, 5.74) is 17.3. The Balaban J connectivity index is 1.01. The number of benzene rings is 10. The molecule has 0 spiro atoms. The van der Waals surface area contributed by atoms with Crippen molar-refractivity contribution in [3.8, 4) is 0 Å². The van der Waals surface area contributed by atoms with Crippen LogP contribution in [0.1, 0.15) is 44.5 Å². The molecule has 0 saturated heterocycles. The Bertz CT molecular complexity index is 3150. The lowest BCUT2D eigenvalue weighted by Crippen LogP contribution is -2.37. The van der Waals surface area contributed by atoms with Gasteiger partial charge in [-0.15, -0.1) is 0 Å². The largest absolute Gasteiger partial charge is 0.456 e. The summed E-state index contributed by atoms with van der Waals surface area (Å²) < 4.78 is 6.68. The summed E-state index contributed by atoms with van der Waals surface area (Å²) >= 11 is 0. The van der Waals surface area contributed by atoms with Crippen LogP contribution in [0.25, 0.3) is 21.9 Å². The second-order valence-electron chi connectivity index (χ2n) is 17.2. The van der Waals surface area contributed by atoms with E-state index in [4.69, 9.17) is 4.42 Å². The number of hydrogen-bond donors (Lipinski definition) is 0. The third-order valence-electron chi connectivity index (χ3n) is 14.0. The van der Waals surface area contributed by atoms with E-state index >= 15 is 0 Å². The monoisotopic (exact) mass is 830 g/mol. The number of fused-ring (bicyclic) bond motifs is 7. The van der Waals surface area contributed by atoms with Crippen LogP contribution in [0, 0.1) is 0 Å².